The van der Waals surface area contributed by atoms with Crippen LogP contribution in [0.25, 0.3) is 17.4 Å². The van der Waals surface area contributed by atoms with Crippen LogP contribution in [0.15, 0.2) is 73.4 Å². The van der Waals surface area contributed by atoms with E-state index in [9.17, 15) is 4.79 Å². The summed E-state index contributed by atoms with van der Waals surface area (Å²) in [6.07, 6.45) is 1.67. The van der Waals surface area contributed by atoms with Gasteiger partial charge in [0.1, 0.15) is 11.5 Å². The SMILES string of the molecule is O=C1NC(=Nc2cccc(Br)c2)S/C1=C/c1ccc(-c2cccc(Cl)c2Cl)o1. The van der Waals surface area contributed by atoms with Gasteiger partial charge in [0.2, 0.25) is 0 Å². The Kier molecular flexibility index (Phi) is 5.64. The van der Waals surface area contributed by atoms with Crippen LogP contribution in [0.2, 0.25) is 10.0 Å². The first-order valence-electron chi connectivity index (χ1n) is 8.09. The summed E-state index contributed by atoms with van der Waals surface area (Å²) >= 11 is 17.0. The molecule has 2 aromatic carbocycles. The minimum absolute atomic E-state index is 0.225. The van der Waals surface area contributed by atoms with Crippen LogP contribution in [0.3, 0.4) is 0 Å². The molecule has 140 valence electrons. The highest BCUT2D eigenvalue weighted by Crippen LogP contribution is 2.35. The molecule has 0 atom stereocenters. The van der Waals surface area contributed by atoms with Crippen molar-refractivity contribution in [3.63, 3.8) is 0 Å². The summed E-state index contributed by atoms with van der Waals surface area (Å²) in [5.74, 6) is 0.885. The van der Waals surface area contributed by atoms with Gasteiger partial charge in [-0.15, -0.1) is 0 Å². The maximum absolute atomic E-state index is 12.3. The van der Waals surface area contributed by atoms with Crippen molar-refractivity contribution in [1.29, 1.82) is 0 Å². The number of nitrogens with zero attached hydrogens (tertiary/aromatic N) is 1. The van der Waals surface area contributed by atoms with Crippen molar-refractivity contribution in [3.05, 3.63) is 79.8 Å². The fourth-order valence-corrected chi connectivity index (χ4v) is 4.14. The Morgan fingerprint density at radius 3 is 2.75 bits per heavy atom. The highest BCUT2D eigenvalue weighted by atomic mass is 79.9. The average molecular weight is 494 g/mol. The highest BCUT2D eigenvalue weighted by Gasteiger charge is 2.24. The zero-order valence-corrected chi connectivity index (χ0v) is 18.0. The number of hydrogen-bond donors (Lipinski definition) is 1. The molecule has 8 heteroatoms. The number of benzene rings is 2. The van der Waals surface area contributed by atoms with E-state index in [2.05, 4.69) is 26.2 Å². The zero-order chi connectivity index (χ0) is 19.7. The molecule has 0 bridgehead atoms. The lowest BCUT2D eigenvalue weighted by atomic mass is 10.2. The van der Waals surface area contributed by atoms with Gasteiger partial charge in [-0.25, -0.2) is 4.99 Å². The van der Waals surface area contributed by atoms with Gasteiger partial charge >= 0.3 is 0 Å². The van der Waals surface area contributed by atoms with Crippen LogP contribution in [0, 0.1) is 0 Å². The molecular formula is C20H11BrCl2N2O2S. The molecule has 2 heterocycles. The standard InChI is InChI=1S/C20H11BrCl2N2O2S/c21-11-3-1-4-12(9-11)24-20-25-19(26)17(28-20)10-13-7-8-16(27-13)14-5-2-6-15(22)18(14)23/h1-10H,(H,24,25,26)/b17-10+. The van der Waals surface area contributed by atoms with Crippen molar-refractivity contribution in [3.8, 4) is 11.3 Å². The molecule has 3 aromatic rings. The minimum atomic E-state index is -0.225. The molecule has 1 saturated heterocycles. The van der Waals surface area contributed by atoms with E-state index in [1.807, 2.05) is 30.3 Å². The monoisotopic (exact) mass is 492 g/mol. The molecule has 0 aliphatic carbocycles. The van der Waals surface area contributed by atoms with Crippen LogP contribution in [0.5, 0.6) is 0 Å². The van der Waals surface area contributed by atoms with Crippen molar-refractivity contribution in [1.82, 2.24) is 5.32 Å². The summed E-state index contributed by atoms with van der Waals surface area (Å²) in [5, 5.41) is 4.15. The van der Waals surface area contributed by atoms with Crippen molar-refractivity contribution < 1.29 is 9.21 Å². The largest absolute Gasteiger partial charge is 0.457 e. The van der Waals surface area contributed by atoms with Gasteiger partial charge in [-0.05, 0) is 54.2 Å². The van der Waals surface area contributed by atoms with E-state index >= 15 is 0 Å². The fourth-order valence-electron chi connectivity index (χ4n) is 2.54. The summed E-state index contributed by atoms with van der Waals surface area (Å²) in [5.41, 5.74) is 1.44. The molecule has 4 nitrogen and oxygen atoms in total. The number of furan rings is 1. The molecule has 4 rings (SSSR count). The van der Waals surface area contributed by atoms with Gasteiger partial charge in [0.15, 0.2) is 5.17 Å². The summed E-state index contributed by atoms with van der Waals surface area (Å²) in [7, 11) is 0. The normalized spacial score (nSPS) is 16.8. The molecule has 1 amide bonds. The predicted octanol–water partition coefficient (Wildman–Crippen LogP) is 6.91. The van der Waals surface area contributed by atoms with E-state index in [4.69, 9.17) is 27.6 Å². The lowest BCUT2D eigenvalue weighted by Crippen LogP contribution is -2.19. The molecule has 1 aromatic heterocycles. The van der Waals surface area contributed by atoms with Crippen LogP contribution < -0.4 is 5.32 Å². The Labute approximate surface area is 183 Å². The number of halogens is 3. The Bertz CT molecular complexity index is 1140. The number of amidine groups is 1. The van der Waals surface area contributed by atoms with E-state index in [1.54, 1.807) is 30.3 Å². The second kappa shape index (κ2) is 8.17. The second-order valence-electron chi connectivity index (χ2n) is 5.76. The van der Waals surface area contributed by atoms with Gasteiger partial charge in [0.25, 0.3) is 5.91 Å². The molecule has 1 aliphatic heterocycles. The zero-order valence-electron chi connectivity index (χ0n) is 14.1. The Morgan fingerprint density at radius 1 is 1.11 bits per heavy atom. The van der Waals surface area contributed by atoms with Gasteiger partial charge in [-0.1, -0.05) is 51.3 Å². The molecule has 1 aliphatic rings. The van der Waals surface area contributed by atoms with Gasteiger partial charge in [0, 0.05) is 16.1 Å². The topological polar surface area (TPSA) is 54.6 Å². The van der Waals surface area contributed by atoms with Crippen LogP contribution in [0.4, 0.5) is 5.69 Å². The van der Waals surface area contributed by atoms with E-state index < -0.39 is 0 Å². The first-order chi connectivity index (χ1) is 13.5. The van der Waals surface area contributed by atoms with Crippen molar-refractivity contribution in [2.75, 3.05) is 0 Å². The number of hydrogen-bond acceptors (Lipinski definition) is 4. The average Bonchev–Trinajstić information content (AvgIpc) is 3.25. The molecular weight excluding hydrogens is 483 g/mol. The number of nitrogens with one attached hydrogen (secondary N) is 1. The van der Waals surface area contributed by atoms with E-state index in [0.717, 1.165) is 10.2 Å². The van der Waals surface area contributed by atoms with Crippen LogP contribution in [-0.4, -0.2) is 11.1 Å². The van der Waals surface area contributed by atoms with Gasteiger partial charge < -0.3 is 9.73 Å². The highest BCUT2D eigenvalue weighted by molar-refractivity contribution is 9.10. The quantitative estimate of drug-likeness (QED) is 0.403. The summed E-state index contributed by atoms with van der Waals surface area (Å²) in [6, 6.07) is 16.4. The lowest BCUT2D eigenvalue weighted by molar-refractivity contribution is -0.115. The Balaban J connectivity index is 1.57. The lowest BCUT2D eigenvalue weighted by Gasteiger charge is -2.01. The molecule has 28 heavy (non-hydrogen) atoms. The Morgan fingerprint density at radius 2 is 1.93 bits per heavy atom. The number of carbonyl (C=O) groups excluding carboxylic acids is 1. The van der Waals surface area contributed by atoms with Crippen molar-refractivity contribution in [2.24, 2.45) is 4.99 Å². The number of rotatable bonds is 3. The number of amides is 1. The summed E-state index contributed by atoms with van der Waals surface area (Å²) in [4.78, 5) is 17.2. The maximum atomic E-state index is 12.3. The van der Waals surface area contributed by atoms with E-state index in [-0.39, 0.29) is 5.91 Å². The molecule has 0 radical (unpaired) electrons. The van der Waals surface area contributed by atoms with Crippen molar-refractivity contribution >= 4 is 73.7 Å². The maximum Gasteiger partial charge on any atom is 0.264 e. The van der Waals surface area contributed by atoms with Gasteiger partial charge in [0.05, 0.1) is 20.6 Å². The fraction of sp³-hybridized carbons (Fsp3) is 0. The first-order valence-corrected chi connectivity index (χ1v) is 10.5. The number of carbonyl (C=O) groups is 1. The second-order valence-corrected chi connectivity index (χ2v) is 8.50. The van der Waals surface area contributed by atoms with Crippen LogP contribution >= 0.6 is 50.9 Å². The smallest absolute Gasteiger partial charge is 0.264 e. The van der Waals surface area contributed by atoms with Crippen LogP contribution in [0.1, 0.15) is 5.76 Å². The van der Waals surface area contributed by atoms with Gasteiger partial charge in [-0.2, -0.15) is 0 Å². The number of aliphatic imine (C=N–C) groups is 1. The molecule has 0 spiro atoms. The van der Waals surface area contributed by atoms with E-state index in [1.165, 1.54) is 11.8 Å². The molecule has 0 unspecified atom stereocenters. The van der Waals surface area contributed by atoms with Gasteiger partial charge in [-0.3, -0.25) is 4.79 Å². The third-order valence-corrected chi connectivity index (χ3v) is 6.03. The van der Waals surface area contributed by atoms with Crippen LogP contribution in [-0.2, 0) is 4.79 Å². The molecule has 0 saturated carbocycles. The predicted molar refractivity (Wildman–Crippen MR) is 119 cm³/mol. The third kappa shape index (κ3) is 4.20. The Hall–Kier alpha value is -1.99. The third-order valence-electron chi connectivity index (χ3n) is 3.81. The minimum Gasteiger partial charge on any atom is -0.457 e. The summed E-state index contributed by atoms with van der Waals surface area (Å²) in [6.45, 7) is 0. The molecule has 1 fully saturated rings. The number of thioether (sulfide) groups is 1. The summed E-state index contributed by atoms with van der Waals surface area (Å²) < 4.78 is 6.74. The van der Waals surface area contributed by atoms with E-state index in [0.29, 0.717) is 37.2 Å². The first kappa shape index (κ1) is 19.3. The molecule has 1 N–H and O–H groups in total. The van der Waals surface area contributed by atoms with Crippen molar-refractivity contribution in [2.45, 2.75) is 0 Å².